The fraction of sp³-hybridized carbons (Fsp3) is 1.00. The Hall–Kier alpha value is -0.150. The normalized spacial score (nSPS) is 36.0. The van der Waals surface area contributed by atoms with Crippen molar-refractivity contribution < 1.29 is 4.39 Å². The van der Waals surface area contributed by atoms with Gasteiger partial charge in [-0.25, -0.2) is 4.39 Å². The Morgan fingerprint density at radius 1 is 1.64 bits per heavy atom. The number of hydrogen-bond donors (Lipinski definition) is 1. The molecule has 2 heterocycles. The summed E-state index contributed by atoms with van der Waals surface area (Å²) in [5.74, 6) is 0. The number of nitrogens with zero attached hydrogens (tertiary/aromatic N) is 1. The summed E-state index contributed by atoms with van der Waals surface area (Å²) in [5, 5.41) is 3.22. The van der Waals surface area contributed by atoms with Gasteiger partial charge in [0.2, 0.25) is 0 Å². The largest absolute Gasteiger partial charge is 0.311 e. The molecule has 0 unspecified atom stereocenters. The van der Waals surface area contributed by atoms with Gasteiger partial charge in [0.05, 0.1) is 0 Å². The van der Waals surface area contributed by atoms with Gasteiger partial charge in [0.15, 0.2) is 0 Å². The Morgan fingerprint density at radius 3 is 2.91 bits per heavy atom. The van der Waals surface area contributed by atoms with Crippen LogP contribution in [0, 0.1) is 5.41 Å². The summed E-state index contributed by atoms with van der Waals surface area (Å²) in [4.78, 5) is 2.26. The molecule has 0 bridgehead atoms. The standard InChI is InChI=1S/C8H15FN2/c1-11-5-8(6-11)2-3-10-7(8)4-9/h7,10H,2-6H2,1H3/t7-/m0/s1. The zero-order valence-corrected chi connectivity index (χ0v) is 6.94. The molecule has 3 heteroatoms. The molecule has 2 rings (SSSR count). The number of alkyl halides is 1. The predicted octanol–water partition coefficient (Wildman–Crippen LogP) is 0.250. The highest BCUT2D eigenvalue weighted by molar-refractivity contribution is 5.05. The van der Waals surface area contributed by atoms with Crippen LogP contribution in [0.2, 0.25) is 0 Å². The summed E-state index contributed by atoms with van der Waals surface area (Å²) in [6.45, 7) is 2.96. The summed E-state index contributed by atoms with van der Waals surface area (Å²) >= 11 is 0. The molecule has 2 saturated heterocycles. The van der Waals surface area contributed by atoms with Crippen molar-refractivity contribution in [1.29, 1.82) is 0 Å². The van der Waals surface area contributed by atoms with Crippen LogP contribution in [0.15, 0.2) is 0 Å². The van der Waals surface area contributed by atoms with Crippen molar-refractivity contribution in [3.05, 3.63) is 0 Å². The maximum absolute atomic E-state index is 12.5. The predicted molar refractivity (Wildman–Crippen MR) is 42.3 cm³/mol. The minimum Gasteiger partial charge on any atom is -0.311 e. The van der Waals surface area contributed by atoms with E-state index in [1.807, 2.05) is 0 Å². The number of rotatable bonds is 1. The van der Waals surface area contributed by atoms with E-state index in [9.17, 15) is 4.39 Å². The van der Waals surface area contributed by atoms with Gasteiger partial charge in [-0.3, -0.25) is 0 Å². The molecule has 0 saturated carbocycles. The van der Waals surface area contributed by atoms with Gasteiger partial charge in [-0.05, 0) is 20.0 Å². The van der Waals surface area contributed by atoms with Crippen LogP contribution < -0.4 is 5.32 Å². The molecule has 0 radical (unpaired) electrons. The first-order chi connectivity index (χ1) is 5.27. The van der Waals surface area contributed by atoms with Gasteiger partial charge in [0, 0.05) is 24.5 Å². The molecular formula is C8H15FN2. The molecule has 1 N–H and O–H groups in total. The fourth-order valence-corrected chi connectivity index (χ4v) is 2.51. The SMILES string of the molecule is CN1CC2(CCN[C@H]2CF)C1. The third-order valence-corrected chi connectivity index (χ3v) is 3.08. The van der Waals surface area contributed by atoms with E-state index >= 15 is 0 Å². The molecule has 0 aromatic carbocycles. The monoisotopic (exact) mass is 158 g/mol. The van der Waals surface area contributed by atoms with E-state index in [2.05, 4.69) is 17.3 Å². The first-order valence-corrected chi connectivity index (χ1v) is 4.25. The lowest BCUT2D eigenvalue weighted by molar-refractivity contribution is 0.00528. The van der Waals surface area contributed by atoms with Crippen LogP contribution in [0.5, 0.6) is 0 Å². The lowest BCUT2D eigenvalue weighted by Gasteiger charge is -2.49. The quantitative estimate of drug-likeness (QED) is 0.588. The zero-order valence-electron chi connectivity index (χ0n) is 6.94. The number of hydrogen-bond acceptors (Lipinski definition) is 2. The molecule has 0 amide bonds. The van der Waals surface area contributed by atoms with E-state index in [1.54, 1.807) is 0 Å². The second kappa shape index (κ2) is 2.42. The molecule has 0 aliphatic carbocycles. The fourth-order valence-electron chi connectivity index (χ4n) is 2.51. The first kappa shape index (κ1) is 7.50. The second-order valence-electron chi connectivity index (χ2n) is 3.95. The molecule has 2 nitrogen and oxygen atoms in total. The Morgan fingerprint density at radius 2 is 2.36 bits per heavy atom. The summed E-state index contributed by atoms with van der Waals surface area (Å²) in [6.07, 6.45) is 1.16. The summed E-state index contributed by atoms with van der Waals surface area (Å²) in [5.41, 5.74) is 0.295. The van der Waals surface area contributed by atoms with E-state index in [4.69, 9.17) is 0 Å². The maximum Gasteiger partial charge on any atom is 0.105 e. The van der Waals surface area contributed by atoms with Crippen LogP contribution in [0.3, 0.4) is 0 Å². The van der Waals surface area contributed by atoms with Crippen LogP contribution in [0.4, 0.5) is 4.39 Å². The smallest absolute Gasteiger partial charge is 0.105 e. The van der Waals surface area contributed by atoms with Crippen molar-refractivity contribution in [2.75, 3.05) is 33.4 Å². The van der Waals surface area contributed by atoms with Crippen molar-refractivity contribution >= 4 is 0 Å². The first-order valence-electron chi connectivity index (χ1n) is 4.25. The number of likely N-dealkylation sites (tertiary alicyclic amines) is 1. The average Bonchev–Trinajstić information content (AvgIpc) is 2.31. The lowest BCUT2D eigenvalue weighted by Crippen LogP contribution is -2.60. The Labute approximate surface area is 66.8 Å². The molecule has 2 fully saturated rings. The second-order valence-corrected chi connectivity index (χ2v) is 3.95. The lowest BCUT2D eigenvalue weighted by atomic mass is 9.74. The minimum absolute atomic E-state index is 0.138. The summed E-state index contributed by atoms with van der Waals surface area (Å²) < 4.78 is 12.5. The van der Waals surface area contributed by atoms with Gasteiger partial charge < -0.3 is 10.2 Å². The average molecular weight is 158 g/mol. The van der Waals surface area contributed by atoms with Crippen molar-refractivity contribution in [2.45, 2.75) is 12.5 Å². The highest BCUT2D eigenvalue weighted by Gasteiger charge is 2.49. The van der Waals surface area contributed by atoms with Gasteiger partial charge in [-0.1, -0.05) is 0 Å². The molecular weight excluding hydrogens is 143 g/mol. The minimum atomic E-state index is -0.201. The van der Waals surface area contributed by atoms with E-state index in [0.29, 0.717) is 5.41 Å². The third kappa shape index (κ3) is 0.983. The van der Waals surface area contributed by atoms with Crippen LogP contribution in [-0.2, 0) is 0 Å². The maximum atomic E-state index is 12.5. The summed E-state index contributed by atoms with van der Waals surface area (Å²) in [7, 11) is 2.10. The van der Waals surface area contributed by atoms with E-state index in [1.165, 1.54) is 0 Å². The van der Waals surface area contributed by atoms with E-state index < -0.39 is 0 Å². The van der Waals surface area contributed by atoms with Crippen molar-refractivity contribution in [1.82, 2.24) is 10.2 Å². The number of nitrogens with one attached hydrogen (secondary N) is 1. The van der Waals surface area contributed by atoms with E-state index in [0.717, 1.165) is 26.1 Å². The molecule has 1 spiro atoms. The topological polar surface area (TPSA) is 15.3 Å². The van der Waals surface area contributed by atoms with Crippen LogP contribution in [-0.4, -0.2) is 44.3 Å². The molecule has 2 aliphatic heterocycles. The van der Waals surface area contributed by atoms with Gasteiger partial charge in [-0.15, -0.1) is 0 Å². The van der Waals surface area contributed by atoms with Gasteiger partial charge in [0.25, 0.3) is 0 Å². The molecule has 2 aliphatic rings. The van der Waals surface area contributed by atoms with Gasteiger partial charge >= 0.3 is 0 Å². The van der Waals surface area contributed by atoms with Gasteiger partial charge in [-0.2, -0.15) is 0 Å². The Balaban J connectivity index is 2.01. The Bertz CT molecular complexity index is 154. The molecule has 1 atom stereocenters. The van der Waals surface area contributed by atoms with Crippen LogP contribution in [0.25, 0.3) is 0 Å². The van der Waals surface area contributed by atoms with Crippen LogP contribution >= 0.6 is 0 Å². The van der Waals surface area contributed by atoms with Crippen molar-refractivity contribution in [3.8, 4) is 0 Å². The summed E-state index contributed by atoms with van der Waals surface area (Å²) in [6, 6.07) is 0.138. The molecule has 0 aromatic heterocycles. The highest BCUT2D eigenvalue weighted by Crippen LogP contribution is 2.39. The van der Waals surface area contributed by atoms with Crippen molar-refractivity contribution in [2.24, 2.45) is 5.41 Å². The van der Waals surface area contributed by atoms with Crippen molar-refractivity contribution in [3.63, 3.8) is 0 Å². The molecule has 0 aromatic rings. The molecule has 11 heavy (non-hydrogen) atoms. The Kier molecular flexibility index (Phi) is 1.65. The third-order valence-electron chi connectivity index (χ3n) is 3.08. The van der Waals surface area contributed by atoms with E-state index in [-0.39, 0.29) is 12.7 Å². The highest BCUT2D eigenvalue weighted by atomic mass is 19.1. The van der Waals surface area contributed by atoms with Gasteiger partial charge in [0.1, 0.15) is 6.67 Å². The number of halogens is 1. The van der Waals surface area contributed by atoms with Crippen LogP contribution in [0.1, 0.15) is 6.42 Å². The molecule has 64 valence electrons. The zero-order chi connectivity index (χ0) is 7.90.